The molecular weight excluding hydrogens is 458 g/mol. The molecule has 1 aliphatic heterocycles. The van der Waals surface area contributed by atoms with E-state index in [2.05, 4.69) is 9.97 Å². The van der Waals surface area contributed by atoms with Crippen LogP contribution in [0.4, 0.5) is 20.3 Å². The number of rotatable bonds is 6. The minimum atomic E-state index is -1.44. The van der Waals surface area contributed by atoms with Gasteiger partial charge in [0.25, 0.3) is 0 Å². The number of carboxylic acid groups (broad SMARTS) is 1. The van der Waals surface area contributed by atoms with Crippen LogP contribution in [-0.2, 0) is 6.54 Å². The molecule has 1 fully saturated rings. The number of benzene rings is 1. The Morgan fingerprint density at radius 2 is 1.83 bits per heavy atom. The smallest absolute Gasteiger partial charge is 0.341 e. The van der Waals surface area contributed by atoms with Crippen LogP contribution in [-0.4, -0.2) is 58.3 Å². The number of nitrogens with two attached hydrogens (primary N) is 1. The lowest BCUT2D eigenvalue weighted by atomic mass is 10.1. The molecule has 186 valence electrons. The van der Waals surface area contributed by atoms with Gasteiger partial charge in [-0.05, 0) is 19.9 Å². The molecule has 9 nitrogen and oxygen atoms in total. The minimum absolute atomic E-state index is 0.00791. The van der Waals surface area contributed by atoms with Crippen molar-refractivity contribution < 1.29 is 18.7 Å². The Bertz CT molecular complexity index is 1350. The number of hydrogen-bond donors (Lipinski definition) is 2. The second kappa shape index (κ2) is 9.57. The van der Waals surface area contributed by atoms with Crippen LogP contribution in [0.5, 0.6) is 0 Å². The first-order valence-corrected chi connectivity index (χ1v) is 11.5. The number of anilines is 2. The summed E-state index contributed by atoms with van der Waals surface area (Å²) in [6.45, 7) is 7.78. The Balaban J connectivity index is 1.67. The van der Waals surface area contributed by atoms with E-state index in [0.29, 0.717) is 38.5 Å². The van der Waals surface area contributed by atoms with Gasteiger partial charge in [-0.15, -0.1) is 0 Å². The molecule has 4 rings (SSSR count). The number of pyridine rings is 1. The van der Waals surface area contributed by atoms with E-state index >= 15 is 8.78 Å². The van der Waals surface area contributed by atoms with Gasteiger partial charge in [0.1, 0.15) is 28.7 Å². The molecule has 1 unspecified atom stereocenters. The van der Waals surface area contributed by atoms with Crippen molar-refractivity contribution in [2.75, 3.05) is 42.5 Å². The zero-order chi connectivity index (χ0) is 25.4. The Hall–Kier alpha value is -3.60. The summed E-state index contributed by atoms with van der Waals surface area (Å²) < 4.78 is 32.2. The molecule has 3 N–H and O–H groups in total. The van der Waals surface area contributed by atoms with E-state index in [-0.39, 0.29) is 29.1 Å². The molecule has 3 aromatic rings. The third-order valence-corrected chi connectivity index (χ3v) is 6.37. The van der Waals surface area contributed by atoms with Gasteiger partial charge in [0, 0.05) is 63.1 Å². The molecule has 0 aliphatic carbocycles. The monoisotopic (exact) mass is 486 g/mol. The second-order valence-corrected chi connectivity index (χ2v) is 8.72. The Kier molecular flexibility index (Phi) is 6.70. The van der Waals surface area contributed by atoms with Gasteiger partial charge >= 0.3 is 5.97 Å². The fourth-order valence-corrected chi connectivity index (χ4v) is 4.39. The maximum Gasteiger partial charge on any atom is 0.341 e. The molecule has 0 bridgehead atoms. The van der Waals surface area contributed by atoms with E-state index in [1.165, 1.54) is 4.57 Å². The van der Waals surface area contributed by atoms with Crippen molar-refractivity contribution in [3.8, 4) is 0 Å². The highest BCUT2D eigenvalue weighted by molar-refractivity contribution is 5.93. The van der Waals surface area contributed by atoms with Crippen LogP contribution < -0.4 is 21.0 Å². The first-order chi connectivity index (χ1) is 16.7. The third kappa shape index (κ3) is 4.43. The average molecular weight is 487 g/mol. The van der Waals surface area contributed by atoms with Crippen LogP contribution in [0.3, 0.4) is 0 Å². The topological polar surface area (TPSA) is 118 Å². The van der Waals surface area contributed by atoms with E-state index in [9.17, 15) is 14.7 Å². The van der Waals surface area contributed by atoms with Crippen molar-refractivity contribution in [3.63, 3.8) is 0 Å². The number of piperazine rings is 1. The van der Waals surface area contributed by atoms with Gasteiger partial charge in [-0.25, -0.2) is 23.5 Å². The molecule has 0 spiro atoms. The van der Waals surface area contributed by atoms with E-state index < -0.39 is 28.6 Å². The number of aryl methyl sites for hydroxylation is 2. The minimum Gasteiger partial charge on any atom is -0.477 e. The van der Waals surface area contributed by atoms with E-state index in [1.807, 2.05) is 24.8 Å². The molecule has 1 aromatic carbocycles. The molecule has 0 radical (unpaired) electrons. The number of nitrogens with zero attached hydrogens (tertiary/aromatic N) is 5. The van der Waals surface area contributed by atoms with Crippen LogP contribution >= 0.6 is 0 Å². The van der Waals surface area contributed by atoms with Crippen LogP contribution in [0.2, 0.25) is 0 Å². The first kappa shape index (κ1) is 24.5. The number of halogens is 2. The van der Waals surface area contributed by atoms with Gasteiger partial charge in [-0.1, -0.05) is 6.92 Å². The summed E-state index contributed by atoms with van der Waals surface area (Å²) in [5.74, 6) is -1.80. The lowest BCUT2D eigenvalue weighted by Gasteiger charge is -2.37. The van der Waals surface area contributed by atoms with Crippen molar-refractivity contribution in [1.29, 1.82) is 0 Å². The summed E-state index contributed by atoms with van der Waals surface area (Å²) in [5.41, 5.74) is 4.82. The van der Waals surface area contributed by atoms with Gasteiger partial charge < -0.3 is 25.2 Å². The third-order valence-electron chi connectivity index (χ3n) is 6.37. The normalized spacial score (nSPS) is 15.0. The molecule has 1 aliphatic rings. The van der Waals surface area contributed by atoms with Crippen molar-refractivity contribution in [1.82, 2.24) is 14.5 Å². The summed E-state index contributed by atoms with van der Waals surface area (Å²) in [6, 6.07) is 2.81. The van der Waals surface area contributed by atoms with E-state index in [0.717, 1.165) is 23.8 Å². The number of hydrogen-bond acceptors (Lipinski definition) is 7. The Morgan fingerprint density at radius 1 is 1.17 bits per heavy atom. The number of fused-ring (bicyclic) bond motifs is 1. The van der Waals surface area contributed by atoms with E-state index in [1.54, 1.807) is 11.8 Å². The van der Waals surface area contributed by atoms with Gasteiger partial charge in [-0.2, -0.15) is 0 Å². The van der Waals surface area contributed by atoms with Gasteiger partial charge in [0.05, 0.1) is 10.9 Å². The molecule has 1 atom stereocenters. The number of aromatic carboxylic acids is 1. The summed E-state index contributed by atoms with van der Waals surface area (Å²) >= 11 is 0. The first-order valence-electron chi connectivity index (χ1n) is 11.5. The highest BCUT2D eigenvalue weighted by Gasteiger charge is 2.28. The highest BCUT2D eigenvalue weighted by Crippen LogP contribution is 2.31. The van der Waals surface area contributed by atoms with Crippen molar-refractivity contribution in [3.05, 3.63) is 57.3 Å². The zero-order valence-electron chi connectivity index (χ0n) is 19.9. The highest BCUT2D eigenvalue weighted by atomic mass is 19.1. The lowest BCUT2D eigenvalue weighted by molar-refractivity contribution is 0.0694. The molecule has 35 heavy (non-hydrogen) atoms. The SMILES string of the molecule is CCn1cc(C(=O)O)c(=O)c2cc(F)c(N3CCN(c4cc(C)nc(C(C)CN)n4)CC3)c(F)c21. The summed E-state index contributed by atoms with van der Waals surface area (Å²) in [5, 5.41) is 9.02. The van der Waals surface area contributed by atoms with Gasteiger partial charge in [0.2, 0.25) is 5.43 Å². The molecule has 0 amide bonds. The predicted octanol–water partition coefficient (Wildman–Crippen LogP) is 2.49. The van der Waals surface area contributed by atoms with Crippen LogP contribution in [0.1, 0.15) is 41.6 Å². The fourth-order valence-electron chi connectivity index (χ4n) is 4.39. The molecule has 11 heteroatoms. The Morgan fingerprint density at radius 3 is 2.43 bits per heavy atom. The van der Waals surface area contributed by atoms with Crippen LogP contribution in [0.15, 0.2) is 23.1 Å². The molecular formula is C24H28F2N6O3. The fraction of sp³-hybridized carbons (Fsp3) is 0.417. The summed E-state index contributed by atoms with van der Waals surface area (Å²) in [7, 11) is 0. The second-order valence-electron chi connectivity index (χ2n) is 8.72. The predicted molar refractivity (Wildman–Crippen MR) is 129 cm³/mol. The van der Waals surface area contributed by atoms with Crippen molar-refractivity contribution >= 4 is 28.4 Å². The van der Waals surface area contributed by atoms with Crippen molar-refractivity contribution in [2.45, 2.75) is 33.2 Å². The summed E-state index contributed by atoms with van der Waals surface area (Å²) in [6.07, 6.45) is 1.10. The van der Waals surface area contributed by atoms with Gasteiger partial charge in [-0.3, -0.25) is 4.79 Å². The quantitative estimate of drug-likeness (QED) is 0.546. The Labute approximate surface area is 200 Å². The average Bonchev–Trinajstić information content (AvgIpc) is 2.84. The maximum atomic E-state index is 15.7. The maximum absolute atomic E-state index is 15.7. The summed E-state index contributed by atoms with van der Waals surface area (Å²) in [4.78, 5) is 36.8. The van der Waals surface area contributed by atoms with E-state index in [4.69, 9.17) is 5.73 Å². The number of aromatic nitrogens is 3. The van der Waals surface area contributed by atoms with Crippen molar-refractivity contribution in [2.24, 2.45) is 5.73 Å². The lowest BCUT2D eigenvalue weighted by Crippen LogP contribution is -2.47. The van der Waals surface area contributed by atoms with Gasteiger partial charge in [0.15, 0.2) is 5.82 Å². The molecule has 2 aromatic heterocycles. The molecule has 3 heterocycles. The number of carboxylic acids is 1. The van der Waals surface area contributed by atoms with Crippen LogP contribution in [0, 0.1) is 18.6 Å². The molecule has 0 saturated carbocycles. The number of carbonyl (C=O) groups is 1. The molecule has 1 saturated heterocycles. The largest absolute Gasteiger partial charge is 0.477 e. The van der Waals surface area contributed by atoms with Crippen LogP contribution in [0.25, 0.3) is 10.9 Å². The standard InChI is InChI=1S/C24H28F2N6O3/c1-4-30-12-16(24(34)35)22(33)15-10-17(25)21(19(26)20(15)30)32-7-5-31(6-8-32)18-9-14(3)28-23(29-18)13(2)11-27/h9-10,12-13H,4-8,11,27H2,1-3H3,(H,34,35). The zero-order valence-corrected chi connectivity index (χ0v) is 19.9.